The van der Waals surface area contributed by atoms with Crippen LogP contribution < -0.4 is 5.32 Å². The highest BCUT2D eigenvalue weighted by Gasteiger charge is 2.69. The summed E-state index contributed by atoms with van der Waals surface area (Å²) in [5, 5.41) is 2.82. The molecule has 4 heterocycles. The summed E-state index contributed by atoms with van der Waals surface area (Å²) in [5.41, 5.74) is -0.674. The largest absolute Gasteiger partial charge is 0.435 e. The molecule has 8 nitrogen and oxygen atoms in total. The summed E-state index contributed by atoms with van der Waals surface area (Å²) >= 11 is 0. The predicted octanol–water partition coefficient (Wildman–Crippen LogP) is 3.29. The van der Waals surface area contributed by atoms with Crippen molar-refractivity contribution in [1.82, 2.24) is 5.32 Å². The Labute approximate surface area is 184 Å². The summed E-state index contributed by atoms with van der Waals surface area (Å²) in [7, 11) is 0. The summed E-state index contributed by atoms with van der Waals surface area (Å²) < 4.78 is 18.2. The maximum atomic E-state index is 12.5. The number of carbonyl (C=O) groups is 2. The maximum Gasteiger partial charge on any atom is 0.308 e. The van der Waals surface area contributed by atoms with Crippen molar-refractivity contribution in [2.45, 2.75) is 97.1 Å². The topological polar surface area (TPSA) is 92.3 Å². The van der Waals surface area contributed by atoms with E-state index in [0.717, 1.165) is 25.7 Å². The summed E-state index contributed by atoms with van der Waals surface area (Å²) in [6.07, 6.45) is 2.47. The lowest BCUT2D eigenvalue weighted by Crippen LogP contribution is -2.70. The third-order valence-electron chi connectivity index (χ3n) is 7.61. The molecule has 1 saturated carbocycles. The molecule has 0 aromatic rings. The molecule has 5 rings (SSSR count). The number of fused-ring (bicyclic) bond motifs is 2. The van der Waals surface area contributed by atoms with Gasteiger partial charge in [-0.3, -0.25) is 9.59 Å². The van der Waals surface area contributed by atoms with Gasteiger partial charge in [-0.25, -0.2) is 9.78 Å². The highest BCUT2D eigenvalue weighted by molar-refractivity contribution is 5.81. The fraction of sp³-hybridized carbons (Fsp3) is 0.913. The van der Waals surface area contributed by atoms with Crippen molar-refractivity contribution in [2.24, 2.45) is 29.6 Å². The summed E-state index contributed by atoms with van der Waals surface area (Å²) in [5.74, 6) is -0.299. The lowest BCUT2D eigenvalue weighted by molar-refractivity contribution is -0.576. The lowest BCUT2D eigenvalue weighted by Gasteiger charge is -2.59. The minimum Gasteiger partial charge on any atom is -0.435 e. The Morgan fingerprint density at radius 1 is 1.10 bits per heavy atom. The Morgan fingerprint density at radius 2 is 1.87 bits per heavy atom. The van der Waals surface area contributed by atoms with Crippen LogP contribution in [0.1, 0.15) is 73.1 Å². The van der Waals surface area contributed by atoms with Crippen molar-refractivity contribution < 1.29 is 33.6 Å². The Hall–Kier alpha value is -1.22. The maximum absolute atomic E-state index is 12.5. The smallest absolute Gasteiger partial charge is 0.308 e. The molecule has 4 aliphatic heterocycles. The molecular weight excluding hydrogens is 402 g/mol. The van der Waals surface area contributed by atoms with Crippen LogP contribution in [0.5, 0.6) is 0 Å². The van der Waals surface area contributed by atoms with Gasteiger partial charge in [0.2, 0.25) is 18.0 Å². The zero-order chi connectivity index (χ0) is 22.4. The van der Waals surface area contributed by atoms with Gasteiger partial charge in [0.15, 0.2) is 11.9 Å². The van der Waals surface area contributed by atoms with Crippen molar-refractivity contribution in [1.29, 1.82) is 0 Å². The molecule has 4 saturated heterocycles. The van der Waals surface area contributed by atoms with Gasteiger partial charge in [-0.05, 0) is 43.9 Å². The first kappa shape index (κ1) is 23.0. The van der Waals surface area contributed by atoms with Gasteiger partial charge in [0.05, 0.1) is 6.42 Å². The fourth-order valence-corrected chi connectivity index (χ4v) is 5.82. The van der Waals surface area contributed by atoms with Crippen molar-refractivity contribution >= 4 is 11.9 Å². The van der Waals surface area contributed by atoms with Gasteiger partial charge in [-0.15, -0.1) is 0 Å². The van der Waals surface area contributed by atoms with Gasteiger partial charge in [0.25, 0.3) is 0 Å². The Morgan fingerprint density at radius 3 is 2.61 bits per heavy atom. The number of rotatable bonds is 6. The average molecular weight is 440 g/mol. The number of ether oxygens (including phenoxy) is 3. The molecule has 176 valence electrons. The van der Waals surface area contributed by atoms with Crippen LogP contribution >= 0.6 is 0 Å². The molecular formula is C23H37NO7. The molecule has 5 fully saturated rings. The molecule has 1 aliphatic carbocycles. The standard InChI is InChI=1S/C23H37NO7/c1-13(2)12-24-18(25)8-9-19(26)27-20-15(4)17-7-6-14(3)16-10-11-22(5)29-21(28-20)23(16,17)31-30-22/h13-17,20-21H,6-12H2,1-5H3,(H,24,25)/t14-,15?,16+,17?,20-,21-,22-,23-/m1/s1. The van der Waals surface area contributed by atoms with E-state index in [4.69, 9.17) is 24.0 Å². The first-order valence-electron chi connectivity index (χ1n) is 11.8. The third-order valence-corrected chi connectivity index (χ3v) is 7.61. The number of hydrogen-bond acceptors (Lipinski definition) is 7. The lowest BCUT2D eigenvalue weighted by atomic mass is 9.58. The Bertz CT molecular complexity index is 699. The first-order valence-corrected chi connectivity index (χ1v) is 11.8. The normalized spacial score (nSPS) is 43.8. The zero-order valence-corrected chi connectivity index (χ0v) is 19.3. The molecule has 8 atom stereocenters. The molecule has 1 N–H and O–H groups in total. The van der Waals surface area contributed by atoms with Crippen molar-refractivity contribution in [3.8, 4) is 0 Å². The number of esters is 1. The summed E-state index contributed by atoms with van der Waals surface area (Å²) in [6.45, 7) is 10.8. The van der Waals surface area contributed by atoms with E-state index >= 15 is 0 Å². The fourth-order valence-electron chi connectivity index (χ4n) is 5.82. The van der Waals surface area contributed by atoms with Gasteiger partial charge in [-0.1, -0.05) is 27.7 Å². The quantitative estimate of drug-likeness (QED) is 0.501. The minimum absolute atomic E-state index is 0.0226. The van der Waals surface area contributed by atoms with Gasteiger partial charge < -0.3 is 19.5 Å². The van der Waals surface area contributed by atoms with Gasteiger partial charge in [0.1, 0.15) is 0 Å². The number of amides is 1. The van der Waals surface area contributed by atoms with E-state index in [1.807, 2.05) is 27.7 Å². The van der Waals surface area contributed by atoms with E-state index in [-0.39, 0.29) is 36.5 Å². The Kier molecular flexibility index (Phi) is 6.38. The van der Waals surface area contributed by atoms with Crippen LogP contribution in [0.4, 0.5) is 0 Å². The van der Waals surface area contributed by atoms with Crippen LogP contribution in [-0.4, -0.2) is 42.4 Å². The summed E-state index contributed by atoms with van der Waals surface area (Å²) in [6, 6.07) is 0. The van der Waals surface area contributed by atoms with Gasteiger partial charge in [0, 0.05) is 31.2 Å². The summed E-state index contributed by atoms with van der Waals surface area (Å²) in [4.78, 5) is 36.3. The number of hydrogen-bond donors (Lipinski definition) is 1. The van der Waals surface area contributed by atoms with Crippen LogP contribution in [-0.2, 0) is 33.6 Å². The van der Waals surface area contributed by atoms with E-state index in [1.165, 1.54) is 0 Å². The highest BCUT2D eigenvalue weighted by Crippen LogP contribution is 2.60. The predicted molar refractivity (Wildman–Crippen MR) is 110 cm³/mol. The number of nitrogens with one attached hydrogen (secondary N) is 1. The highest BCUT2D eigenvalue weighted by atomic mass is 17.3. The Balaban J connectivity index is 1.43. The SMILES string of the molecule is CC(C)CNC(=O)CCC(=O)O[C@@H]1O[C@@H]2O[C@@]3(C)CC[C@H]4[C@H](C)CCC(C1C)[C@@]24OO3. The molecule has 31 heavy (non-hydrogen) atoms. The number of carbonyl (C=O) groups excluding carboxylic acids is 2. The van der Waals surface area contributed by atoms with Crippen LogP contribution in [0, 0.1) is 29.6 Å². The second-order valence-electron chi connectivity index (χ2n) is 10.5. The van der Waals surface area contributed by atoms with E-state index in [2.05, 4.69) is 12.2 Å². The van der Waals surface area contributed by atoms with Crippen LogP contribution in [0.2, 0.25) is 0 Å². The third kappa shape index (κ3) is 4.24. The molecule has 2 bridgehead atoms. The van der Waals surface area contributed by atoms with Gasteiger partial charge >= 0.3 is 5.97 Å². The van der Waals surface area contributed by atoms with Crippen molar-refractivity contribution in [2.75, 3.05) is 6.54 Å². The average Bonchev–Trinajstić information content (AvgIpc) is 2.94. The van der Waals surface area contributed by atoms with Crippen molar-refractivity contribution in [3.05, 3.63) is 0 Å². The molecule has 5 aliphatic rings. The molecule has 8 heteroatoms. The molecule has 0 radical (unpaired) electrons. The molecule has 1 amide bonds. The second-order valence-corrected chi connectivity index (χ2v) is 10.5. The van der Waals surface area contributed by atoms with Crippen molar-refractivity contribution in [3.63, 3.8) is 0 Å². The van der Waals surface area contributed by atoms with E-state index in [9.17, 15) is 9.59 Å². The van der Waals surface area contributed by atoms with Gasteiger partial charge in [-0.2, -0.15) is 0 Å². The van der Waals surface area contributed by atoms with Crippen LogP contribution in [0.3, 0.4) is 0 Å². The zero-order valence-electron chi connectivity index (χ0n) is 19.3. The monoisotopic (exact) mass is 439 g/mol. The molecule has 2 unspecified atom stereocenters. The van der Waals surface area contributed by atoms with E-state index < -0.39 is 29.9 Å². The van der Waals surface area contributed by atoms with Crippen LogP contribution in [0.15, 0.2) is 0 Å². The minimum atomic E-state index is -0.860. The van der Waals surface area contributed by atoms with E-state index in [0.29, 0.717) is 18.4 Å². The van der Waals surface area contributed by atoms with E-state index in [1.54, 1.807) is 0 Å². The molecule has 0 aromatic carbocycles. The first-order chi connectivity index (χ1) is 14.6. The van der Waals surface area contributed by atoms with Crippen LogP contribution in [0.25, 0.3) is 0 Å². The molecule has 1 spiro atoms. The second kappa shape index (κ2) is 8.61. The molecule has 0 aromatic heterocycles.